The Bertz CT molecular complexity index is 287. The summed E-state index contributed by atoms with van der Waals surface area (Å²) in [4.78, 5) is 2.70. The Morgan fingerprint density at radius 2 is 1.72 bits per heavy atom. The third-order valence-electron chi connectivity index (χ3n) is 4.92. The Morgan fingerprint density at radius 1 is 1.11 bits per heavy atom. The van der Waals surface area contributed by atoms with Gasteiger partial charge < -0.3 is 10.4 Å². The van der Waals surface area contributed by atoms with E-state index in [4.69, 9.17) is 0 Å². The molecule has 18 heavy (non-hydrogen) atoms. The molecule has 2 bridgehead atoms. The maximum Gasteiger partial charge on any atom is 0.0570 e. The molecule has 2 atom stereocenters. The molecule has 1 aliphatic carbocycles. The summed E-state index contributed by atoms with van der Waals surface area (Å²) in [5.74, 6) is 0. The van der Waals surface area contributed by atoms with E-state index in [1.807, 2.05) is 0 Å². The van der Waals surface area contributed by atoms with Crippen LogP contribution in [0.2, 0.25) is 0 Å². The minimum absolute atomic E-state index is 0.0357. The Labute approximate surface area is 111 Å². The highest BCUT2D eigenvalue weighted by Gasteiger charge is 2.42. The summed E-state index contributed by atoms with van der Waals surface area (Å²) in [6, 6.07) is 2.11. The highest BCUT2D eigenvalue weighted by atomic mass is 16.3. The molecule has 0 amide bonds. The fraction of sp³-hybridized carbons (Fsp3) is 1.00. The van der Waals surface area contributed by atoms with E-state index in [1.54, 1.807) is 0 Å². The van der Waals surface area contributed by atoms with Gasteiger partial charge in [0.15, 0.2) is 0 Å². The van der Waals surface area contributed by atoms with Crippen LogP contribution in [0.1, 0.15) is 52.4 Å². The summed E-state index contributed by atoms with van der Waals surface area (Å²) in [6.45, 7) is 7.09. The maximum absolute atomic E-state index is 9.85. The normalized spacial score (nSPS) is 37.2. The van der Waals surface area contributed by atoms with Gasteiger partial charge in [0, 0.05) is 31.2 Å². The lowest BCUT2D eigenvalue weighted by molar-refractivity contribution is 0.0157. The van der Waals surface area contributed by atoms with Gasteiger partial charge in [-0.1, -0.05) is 13.8 Å². The molecule has 0 radical (unpaired) electrons. The van der Waals surface area contributed by atoms with Crippen molar-refractivity contribution in [3.63, 3.8) is 0 Å². The van der Waals surface area contributed by atoms with E-state index in [9.17, 15) is 5.11 Å². The SMILES string of the molecule is CC(C)(CNC1CC1)CN1C2CCC1CC(O)C2. The summed E-state index contributed by atoms with van der Waals surface area (Å²) >= 11 is 0. The second-order valence-electron chi connectivity index (χ2n) is 7.50. The van der Waals surface area contributed by atoms with E-state index in [1.165, 1.54) is 32.2 Å². The fourth-order valence-corrected chi connectivity index (χ4v) is 3.76. The van der Waals surface area contributed by atoms with Crippen molar-refractivity contribution < 1.29 is 5.11 Å². The van der Waals surface area contributed by atoms with E-state index in [0.717, 1.165) is 25.4 Å². The molecule has 104 valence electrons. The molecule has 2 unspecified atom stereocenters. The summed E-state index contributed by atoms with van der Waals surface area (Å²) in [5.41, 5.74) is 0.353. The first-order valence-electron chi connectivity index (χ1n) is 7.71. The minimum Gasteiger partial charge on any atom is -0.393 e. The molecule has 3 heteroatoms. The zero-order valence-electron chi connectivity index (χ0n) is 11.9. The van der Waals surface area contributed by atoms with Crippen molar-refractivity contribution in [2.75, 3.05) is 13.1 Å². The Hall–Kier alpha value is -0.120. The summed E-state index contributed by atoms with van der Waals surface area (Å²) in [7, 11) is 0. The van der Waals surface area contributed by atoms with Crippen LogP contribution in [0.25, 0.3) is 0 Å². The van der Waals surface area contributed by atoms with Crippen LogP contribution in [0.4, 0.5) is 0 Å². The Morgan fingerprint density at radius 3 is 2.28 bits per heavy atom. The average Bonchev–Trinajstić information content (AvgIpc) is 3.07. The number of hydrogen-bond acceptors (Lipinski definition) is 3. The molecule has 2 aliphatic heterocycles. The Kier molecular flexibility index (Phi) is 3.41. The van der Waals surface area contributed by atoms with Gasteiger partial charge in [-0.15, -0.1) is 0 Å². The molecule has 3 rings (SSSR count). The van der Waals surface area contributed by atoms with Crippen molar-refractivity contribution in [2.24, 2.45) is 5.41 Å². The standard InChI is InChI=1S/C15H28N2O/c1-15(2,9-16-11-3-4-11)10-17-12-5-6-13(17)8-14(18)7-12/h11-14,16,18H,3-10H2,1-2H3. The molecular formula is C15H28N2O. The minimum atomic E-state index is -0.0357. The van der Waals surface area contributed by atoms with Crippen molar-refractivity contribution in [3.05, 3.63) is 0 Å². The summed E-state index contributed by atoms with van der Waals surface area (Å²) in [5, 5.41) is 13.5. The van der Waals surface area contributed by atoms with Crippen LogP contribution in [0, 0.1) is 5.41 Å². The number of aliphatic hydroxyl groups is 1. The summed E-state index contributed by atoms with van der Waals surface area (Å²) in [6.07, 6.45) is 7.31. The van der Waals surface area contributed by atoms with Gasteiger partial charge in [-0.05, 0) is 43.9 Å². The number of fused-ring (bicyclic) bond motifs is 2. The number of piperidine rings is 1. The zero-order chi connectivity index (χ0) is 12.8. The molecule has 1 saturated carbocycles. The quantitative estimate of drug-likeness (QED) is 0.782. The van der Waals surface area contributed by atoms with Gasteiger partial charge in [0.05, 0.1) is 6.10 Å². The molecule has 3 aliphatic rings. The first-order chi connectivity index (χ1) is 8.53. The second kappa shape index (κ2) is 4.77. The maximum atomic E-state index is 9.85. The van der Waals surface area contributed by atoms with E-state index < -0.39 is 0 Å². The van der Waals surface area contributed by atoms with Gasteiger partial charge in [-0.2, -0.15) is 0 Å². The van der Waals surface area contributed by atoms with Crippen molar-refractivity contribution in [1.29, 1.82) is 0 Å². The second-order valence-corrected chi connectivity index (χ2v) is 7.50. The number of nitrogens with zero attached hydrogens (tertiary/aromatic N) is 1. The monoisotopic (exact) mass is 252 g/mol. The van der Waals surface area contributed by atoms with Crippen LogP contribution in [0.15, 0.2) is 0 Å². The number of hydrogen-bond donors (Lipinski definition) is 2. The van der Waals surface area contributed by atoms with Crippen molar-refractivity contribution >= 4 is 0 Å². The van der Waals surface area contributed by atoms with Crippen LogP contribution in [0.5, 0.6) is 0 Å². The molecule has 0 aromatic rings. The van der Waals surface area contributed by atoms with Gasteiger partial charge in [-0.3, -0.25) is 4.90 Å². The first-order valence-corrected chi connectivity index (χ1v) is 7.71. The van der Waals surface area contributed by atoms with E-state index in [0.29, 0.717) is 17.5 Å². The van der Waals surface area contributed by atoms with Crippen LogP contribution in [-0.4, -0.2) is 47.3 Å². The van der Waals surface area contributed by atoms with Gasteiger partial charge in [-0.25, -0.2) is 0 Å². The highest BCUT2D eigenvalue weighted by molar-refractivity contribution is 4.97. The molecule has 0 spiro atoms. The first kappa shape index (κ1) is 12.9. The van der Waals surface area contributed by atoms with Gasteiger partial charge in [0.2, 0.25) is 0 Å². The van der Waals surface area contributed by atoms with Crippen molar-refractivity contribution in [1.82, 2.24) is 10.2 Å². The molecule has 2 N–H and O–H groups in total. The van der Waals surface area contributed by atoms with Gasteiger partial charge in [0.25, 0.3) is 0 Å². The lowest BCUT2D eigenvalue weighted by Gasteiger charge is -2.41. The highest BCUT2D eigenvalue weighted by Crippen LogP contribution is 2.37. The molecule has 0 aromatic heterocycles. The molecule has 0 aromatic carbocycles. The van der Waals surface area contributed by atoms with E-state index in [-0.39, 0.29) is 6.10 Å². The van der Waals surface area contributed by atoms with Crippen molar-refractivity contribution in [2.45, 2.75) is 76.6 Å². The predicted octanol–water partition coefficient (Wildman–Crippen LogP) is 1.75. The van der Waals surface area contributed by atoms with Crippen LogP contribution in [0.3, 0.4) is 0 Å². The Balaban J connectivity index is 1.54. The largest absolute Gasteiger partial charge is 0.393 e. The topological polar surface area (TPSA) is 35.5 Å². The van der Waals surface area contributed by atoms with Crippen LogP contribution < -0.4 is 5.32 Å². The molecule has 2 saturated heterocycles. The lowest BCUT2D eigenvalue weighted by atomic mass is 9.89. The molecule has 3 fully saturated rings. The van der Waals surface area contributed by atoms with E-state index >= 15 is 0 Å². The number of aliphatic hydroxyl groups excluding tert-OH is 1. The van der Waals surface area contributed by atoms with Gasteiger partial charge >= 0.3 is 0 Å². The molecular weight excluding hydrogens is 224 g/mol. The molecule has 3 nitrogen and oxygen atoms in total. The molecule has 2 heterocycles. The predicted molar refractivity (Wildman–Crippen MR) is 73.6 cm³/mol. The van der Waals surface area contributed by atoms with E-state index in [2.05, 4.69) is 24.1 Å². The average molecular weight is 252 g/mol. The van der Waals surface area contributed by atoms with Crippen molar-refractivity contribution in [3.8, 4) is 0 Å². The fourth-order valence-electron chi connectivity index (χ4n) is 3.76. The third kappa shape index (κ3) is 2.89. The van der Waals surface area contributed by atoms with Crippen LogP contribution >= 0.6 is 0 Å². The lowest BCUT2D eigenvalue weighted by Crippen LogP contribution is -2.50. The number of nitrogens with one attached hydrogen (secondary N) is 1. The number of rotatable bonds is 5. The van der Waals surface area contributed by atoms with Gasteiger partial charge in [0.1, 0.15) is 0 Å². The summed E-state index contributed by atoms with van der Waals surface area (Å²) < 4.78 is 0. The third-order valence-corrected chi connectivity index (χ3v) is 4.92. The zero-order valence-corrected chi connectivity index (χ0v) is 11.9. The van der Waals surface area contributed by atoms with Crippen LogP contribution in [-0.2, 0) is 0 Å². The smallest absolute Gasteiger partial charge is 0.0570 e.